The number of hydrogen-bond acceptors (Lipinski definition) is 2. The van der Waals surface area contributed by atoms with Crippen LogP contribution in [0.1, 0.15) is 27.2 Å². The lowest BCUT2D eigenvalue weighted by molar-refractivity contribution is -0.117. The lowest BCUT2D eigenvalue weighted by Gasteiger charge is -1.71. The van der Waals surface area contributed by atoms with Crippen LogP contribution in [-0.4, -0.2) is 16.9 Å². The number of hydrogen-bond donors (Lipinski definition) is 0. The minimum Gasteiger partial charge on any atom is -0.300 e. The predicted octanol–water partition coefficient (Wildman–Crippen LogP) is 1.96. The molecule has 0 rings (SSSR count). The number of carbonyl (C=O) groups is 2. The SMILES string of the molecule is CC(=O)CBr.CCC(C)=O. The second-order valence-electron chi connectivity index (χ2n) is 1.89. The predicted molar refractivity (Wildman–Crippen MR) is 45.4 cm³/mol. The van der Waals surface area contributed by atoms with Gasteiger partial charge in [-0.25, -0.2) is 0 Å². The van der Waals surface area contributed by atoms with E-state index in [-0.39, 0.29) is 11.6 Å². The summed E-state index contributed by atoms with van der Waals surface area (Å²) in [5.74, 6) is 0.426. The zero-order valence-electron chi connectivity index (χ0n) is 6.61. The normalized spacial score (nSPS) is 7.60. The molecule has 0 aliphatic carbocycles. The van der Waals surface area contributed by atoms with Crippen molar-refractivity contribution in [1.29, 1.82) is 0 Å². The number of Topliss-reactive ketones (excluding diaryl/α,β-unsaturated/α-hetero) is 2. The van der Waals surface area contributed by atoms with Crippen LogP contribution in [0, 0.1) is 0 Å². The van der Waals surface area contributed by atoms with Gasteiger partial charge < -0.3 is 4.79 Å². The Balaban J connectivity index is 0. The Bertz CT molecular complexity index is 96.2. The van der Waals surface area contributed by atoms with Gasteiger partial charge in [0.05, 0.1) is 5.33 Å². The molecule has 2 nitrogen and oxygen atoms in total. The van der Waals surface area contributed by atoms with Crippen molar-refractivity contribution in [3.05, 3.63) is 0 Å². The molecule has 0 fully saturated rings. The summed E-state index contributed by atoms with van der Waals surface area (Å²) in [6.07, 6.45) is 0.667. The minimum absolute atomic E-state index is 0.171. The van der Waals surface area contributed by atoms with Crippen LogP contribution in [0.4, 0.5) is 0 Å². The molecular formula is C7H13BrO2. The van der Waals surface area contributed by atoms with Crippen LogP contribution in [0.15, 0.2) is 0 Å². The summed E-state index contributed by atoms with van der Waals surface area (Å²) in [6, 6.07) is 0. The van der Waals surface area contributed by atoms with Crippen LogP contribution in [0.3, 0.4) is 0 Å². The van der Waals surface area contributed by atoms with Gasteiger partial charge in [0.15, 0.2) is 0 Å². The molecule has 0 unspecified atom stereocenters. The smallest absolute Gasteiger partial charge is 0.140 e. The number of halogens is 1. The summed E-state index contributed by atoms with van der Waals surface area (Å²) in [5.41, 5.74) is 0. The van der Waals surface area contributed by atoms with Crippen molar-refractivity contribution in [3.8, 4) is 0 Å². The molecule has 0 radical (unpaired) electrons. The molecule has 10 heavy (non-hydrogen) atoms. The molecule has 60 valence electrons. The highest BCUT2D eigenvalue weighted by molar-refractivity contribution is 9.09. The highest BCUT2D eigenvalue weighted by Gasteiger charge is 1.79. The van der Waals surface area contributed by atoms with Crippen LogP contribution in [0.5, 0.6) is 0 Å². The largest absolute Gasteiger partial charge is 0.300 e. The van der Waals surface area contributed by atoms with Crippen molar-refractivity contribution in [2.24, 2.45) is 0 Å². The van der Waals surface area contributed by atoms with Crippen LogP contribution >= 0.6 is 15.9 Å². The van der Waals surface area contributed by atoms with E-state index in [1.165, 1.54) is 6.92 Å². The van der Waals surface area contributed by atoms with Gasteiger partial charge in [0.2, 0.25) is 0 Å². The number of ketones is 2. The van der Waals surface area contributed by atoms with Gasteiger partial charge in [-0.2, -0.15) is 0 Å². The molecule has 0 heterocycles. The van der Waals surface area contributed by atoms with Gasteiger partial charge in [-0.1, -0.05) is 22.9 Å². The molecule has 0 aliphatic rings. The fourth-order valence-corrected chi connectivity index (χ4v) is 0. The van der Waals surface area contributed by atoms with E-state index < -0.39 is 0 Å². The maximum absolute atomic E-state index is 9.81. The summed E-state index contributed by atoms with van der Waals surface area (Å²) >= 11 is 2.96. The first-order valence-corrected chi connectivity index (χ1v) is 4.21. The number of carbonyl (C=O) groups excluding carboxylic acids is 2. The zero-order valence-corrected chi connectivity index (χ0v) is 8.19. The third-order valence-electron chi connectivity index (χ3n) is 0.686. The Morgan fingerprint density at radius 3 is 1.40 bits per heavy atom. The lowest BCUT2D eigenvalue weighted by Crippen LogP contribution is -1.85. The Hall–Kier alpha value is -0.180. The Morgan fingerprint density at radius 2 is 1.40 bits per heavy atom. The van der Waals surface area contributed by atoms with E-state index in [4.69, 9.17) is 0 Å². The average Bonchev–Trinajstić information content (AvgIpc) is 1.89. The highest BCUT2D eigenvalue weighted by atomic mass is 79.9. The van der Waals surface area contributed by atoms with Crippen molar-refractivity contribution in [3.63, 3.8) is 0 Å². The number of alkyl halides is 1. The summed E-state index contributed by atoms with van der Waals surface area (Å²) < 4.78 is 0. The molecule has 0 saturated carbocycles. The third kappa shape index (κ3) is 24.9. The van der Waals surface area contributed by atoms with Crippen LogP contribution in [0.2, 0.25) is 0 Å². The first kappa shape index (κ1) is 12.5. The van der Waals surface area contributed by atoms with E-state index in [1.807, 2.05) is 6.92 Å². The van der Waals surface area contributed by atoms with Crippen molar-refractivity contribution >= 4 is 27.5 Å². The second kappa shape index (κ2) is 8.82. The zero-order chi connectivity index (χ0) is 8.57. The van der Waals surface area contributed by atoms with Gasteiger partial charge in [0.1, 0.15) is 11.6 Å². The van der Waals surface area contributed by atoms with E-state index in [1.54, 1.807) is 6.92 Å². The minimum atomic E-state index is 0.171. The Morgan fingerprint density at radius 1 is 1.20 bits per heavy atom. The maximum Gasteiger partial charge on any atom is 0.140 e. The van der Waals surface area contributed by atoms with Crippen molar-refractivity contribution in [2.75, 3.05) is 5.33 Å². The Labute approximate surface area is 70.1 Å². The number of rotatable bonds is 2. The van der Waals surface area contributed by atoms with Crippen LogP contribution in [-0.2, 0) is 9.59 Å². The van der Waals surface area contributed by atoms with Crippen molar-refractivity contribution < 1.29 is 9.59 Å². The van der Waals surface area contributed by atoms with Crippen LogP contribution in [0.25, 0.3) is 0 Å². The van der Waals surface area contributed by atoms with E-state index in [9.17, 15) is 9.59 Å². The van der Waals surface area contributed by atoms with Gasteiger partial charge in [-0.3, -0.25) is 4.79 Å². The molecule has 0 aromatic heterocycles. The molecule has 0 aromatic rings. The monoisotopic (exact) mass is 208 g/mol. The van der Waals surface area contributed by atoms with Crippen molar-refractivity contribution in [1.82, 2.24) is 0 Å². The topological polar surface area (TPSA) is 34.1 Å². The van der Waals surface area contributed by atoms with Gasteiger partial charge in [0, 0.05) is 6.42 Å². The maximum atomic E-state index is 9.81. The standard InChI is InChI=1S/C4H8O.C3H5BrO/c1-3-4(2)5;1-3(5)2-4/h3H2,1-2H3;2H2,1H3. The molecule has 0 aliphatic heterocycles. The van der Waals surface area contributed by atoms with E-state index in [2.05, 4.69) is 15.9 Å². The quantitative estimate of drug-likeness (QED) is 0.651. The first-order valence-electron chi connectivity index (χ1n) is 3.09. The molecule has 0 N–H and O–H groups in total. The lowest BCUT2D eigenvalue weighted by atomic mass is 10.4. The van der Waals surface area contributed by atoms with Gasteiger partial charge in [0.25, 0.3) is 0 Å². The average molecular weight is 209 g/mol. The molecule has 0 atom stereocenters. The Kier molecular flexibility index (Phi) is 11.0. The van der Waals surface area contributed by atoms with E-state index in [0.29, 0.717) is 11.8 Å². The fourth-order valence-electron chi connectivity index (χ4n) is 0. The highest BCUT2D eigenvalue weighted by Crippen LogP contribution is 1.76. The van der Waals surface area contributed by atoms with Gasteiger partial charge in [-0.05, 0) is 13.8 Å². The molecule has 0 bridgehead atoms. The summed E-state index contributed by atoms with van der Waals surface area (Å²) in [7, 11) is 0. The molecule has 3 heteroatoms. The molecule has 0 saturated heterocycles. The molecule has 0 spiro atoms. The molecular weight excluding hydrogens is 196 g/mol. The summed E-state index contributed by atoms with van der Waals surface area (Å²) in [4.78, 5) is 19.6. The molecule has 0 amide bonds. The first-order chi connectivity index (χ1) is 4.54. The third-order valence-corrected chi connectivity index (χ3v) is 1.48. The summed E-state index contributed by atoms with van der Waals surface area (Å²) in [6.45, 7) is 4.97. The molecule has 0 aromatic carbocycles. The van der Waals surface area contributed by atoms with Crippen molar-refractivity contribution in [2.45, 2.75) is 27.2 Å². The van der Waals surface area contributed by atoms with Gasteiger partial charge >= 0.3 is 0 Å². The second-order valence-corrected chi connectivity index (χ2v) is 2.45. The fraction of sp³-hybridized carbons (Fsp3) is 0.714. The van der Waals surface area contributed by atoms with E-state index in [0.717, 1.165) is 0 Å². The van der Waals surface area contributed by atoms with E-state index >= 15 is 0 Å². The van der Waals surface area contributed by atoms with Gasteiger partial charge in [-0.15, -0.1) is 0 Å². The van der Waals surface area contributed by atoms with Crippen LogP contribution < -0.4 is 0 Å². The summed E-state index contributed by atoms with van der Waals surface area (Å²) in [5, 5.41) is 0.479.